The Kier molecular flexibility index (Phi) is 12.6. The lowest BCUT2D eigenvalue weighted by molar-refractivity contribution is -0.147. The quantitative estimate of drug-likeness (QED) is 0.262. The molecule has 0 aliphatic rings. The summed E-state index contributed by atoms with van der Waals surface area (Å²) >= 11 is 0. The number of carbonyl (C=O) groups is 5. The lowest BCUT2D eigenvalue weighted by Crippen LogP contribution is -2.21. The molecule has 0 spiro atoms. The van der Waals surface area contributed by atoms with Crippen molar-refractivity contribution in [1.82, 2.24) is 0 Å². The van der Waals surface area contributed by atoms with Gasteiger partial charge in [-0.05, 0) is 66.8 Å². The first-order valence-electron chi connectivity index (χ1n) is 12.8. The van der Waals surface area contributed by atoms with Crippen LogP contribution < -0.4 is 10.6 Å². The van der Waals surface area contributed by atoms with Crippen LogP contribution >= 0.6 is 0 Å². The van der Waals surface area contributed by atoms with E-state index in [0.717, 1.165) is 0 Å². The van der Waals surface area contributed by atoms with E-state index >= 15 is 0 Å². The molecule has 0 radical (unpaired) electrons. The number of amides is 2. The summed E-state index contributed by atoms with van der Waals surface area (Å²) in [4.78, 5) is 60.0. The molecular formula is C29H36N2O8. The predicted octanol–water partition coefficient (Wildman–Crippen LogP) is 4.60. The van der Waals surface area contributed by atoms with E-state index in [1.807, 2.05) is 27.7 Å². The summed E-state index contributed by atoms with van der Waals surface area (Å²) in [6.45, 7) is 7.94. The molecule has 2 amide bonds. The van der Waals surface area contributed by atoms with Crippen LogP contribution in [0.2, 0.25) is 0 Å². The Morgan fingerprint density at radius 2 is 1.05 bits per heavy atom. The molecule has 10 nitrogen and oxygen atoms in total. The van der Waals surface area contributed by atoms with Crippen LogP contribution in [0.3, 0.4) is 0 Å². The lowest BCUT2D eigenvalue weighted by Gasteiger charge is -2.09. The van der Waals surface area contributed by atoms with Crippen LogP contribution in [0.25, 0.3) is 0 Å². The van der Waals surface area contributed by atoms with E-state index in [2.05, 4.69) is 10.6 Å². The van der Waals surface area contributed by atoms with Gasteiger partial charge in [-0.2, -0.15) is 0 Å². The third kappa shape index (κ3) is 12.3. The molecule has 2 rings (SSSR count). The van der Waals surface area contributed by atoms with Crippen molar-refractivity contribution in [2.75, 3.05) is 30.5 Å². The Morgan fingerprint density at radius 1 is 0.615 bits per heavy atom. The number of anilines is 2. The number of carbonyl (C=O) groups excluding carboxylic acids is 5. The highest BCUT2D eigenvalue weighted by Gasteiger charge is 2.12. The first kappa shape index (κ1) is 31.0. The second-order valence-corrected chi connectivity index (χ2v) is 9.75. The standard InChI is InChI=1S/C29H36N2O8/c1-19(2)16-38-28(35)21-8-12-23(13-9-21)30-25(32)6-5-7-27(34)37-18-26(33)31-24-14-10-22(11-15-24)29(36)39-17-20(3)4/h8-15,19-20H,5-7,16-18H2,1-4H3,(H,30,32)(H,31,33). The van der Waals surface area contributed by atoms with Gasteiger partial charge in [0.2, 0.25) is 5.91 Å². The fraction of sp³-hybridized carbons (Fsp3) is 0.414. The van der Waals surface area contributed by atoms with Crippen molar-refractivity contribution in [2.45, 2.75) is 47.0 Å². The normalized spacial score (nSPS) is 10.6. The number of hydrogen-bond donors (Lipinski definition) is 2. The molecule has 39 heavy (non-hydrogen) atoms. The van der Waals surface area contributed by atoms with Crippen molar-refractivity contribution in [3.8, 4) is 0 Å². The molecule has 0 heterocycles. The Hall–Kier alpha value is -4.21. The zero-order valence-electron chi connectivity index (χ0n) is 22.8. The van der Waals surface area contributed by atoms with Gasteiger partial charge in [-0.3, -0.25) is 14.4 Å². The number of rotatable bonds is 14. The molecule has 0 bridgehead atoms. The number of benzene rings is 2. The molecular weight excluding hydrogens is 504 g/mol. The fourth-order valence-corrected chi connectivity index (χ4v) is 3.06. The largest absolute Gasteiger partial charge is 0.462 e. The fourth-order valence-electron chi connectivity index (χ4n) is 3.06. The van der Waals surface area contributed by atoms with Gasteiger partial charge < -0.3 is 24.8 Å². The van der Waals surface area contributed by atoms with Gasteiger partial charge in [0.1, 0.15) is 0 Å². The van der Waals surface area contributed by atoms with Crippen molar-refractivity contribution in [1.29, 1.82) is 0 Å². The van der Waals surface area contributed by atoms with Gasteiger partial charge in [0.05, 0.1) is 24.3 Å². The minimum Gasteiger partial charge on any atom is -0.462 e. The van der Waals surface area contributed by atoms with Crippen LogP contribution in [-0.4, -0.2) is 49.5 Å². The minimum absolute atomic E-state index is 0.0332. The predicted molar refractivity (Wildman–Crippen MR) is 145 cm³/mol. The number of nitrogens with one attached hydrogen (secondary N) is 2. The molecule has 0 aliphatic carbocycles. The van der Waals surface area contributed by atoms with Gasteiger partial charge >= 0.3 is 17.9 Å². The Morgan fingerprint density at radius 3 is 1.49 bits per heavy atom. The number of hydrogen-bond acceptors (Lipinski definition) is 8. The van der Waals surface area contributed by atoms with Crippen LogP contribution in [0, 0.1) is 11.8 Å². The summed E-state index contributed by atoms with van der Waals surface area (Å²) in [5.41, 5.74) is 1.70. The van der Waals surface area contributed by atoms with Crippen LogP contribution in [0.1, 0.15) is 67.7 Å². The Bertz CT molecular complexity index is 1120. The smallest absolute Gasteiger partial charge is 0.338 e. The third-order valence-corrected chi connectivity index (χ3v) is 5.05. The van der Waals surface area contributed by atoms with E-state index in [1.165, 1.54) is 12.1 Å². The van der Waals surface area contributed by atoms with Crippen LogP contribution in [0.15, 0.2) is 48.5 Å². The van der Waals surface area contributed by atoms with Crippen molar-refractivity contribution < 1.29 is 38.2 Å². The molecule has 0 saturated carbocycles. The summed E-state index contributed by atoms with van der Waals surface area (Å²) in [6.07, 6.45) is 0.278. The molecule has 0 aliphatic heterocycles. The average Bonchev–Trinajstić information content (AvgIpc) is 2.90. The highest BCUT2D eigenvalue weighted by Crippen LogP contribution is 2.13. The molecule has 0 unspecified atom stereocenters. The van der Waals surface area contributed by atoms with Crippen LogP contribution in [-0.2, 0) is 28.6 Å². The van der Waals surface area contributed by atoms with Gasteiger partial charge in [-0.25, -0.2) is 9.59 Å². The maximum Gasteiger partial charge on any atom is 0.338 e. The number of ether oxygens (including phenoxy) is 3. The molecule has 10 heteroatoms. The van der Waals surface area contributed by atoms with Crippen molar-refractivity contribution in [3.63, 3.8) is 0 Å². The molecule has 2 aromatic carbocycles. The van der Waals surface area contributed by atoms with E-state index in [0.29, 0.717) is 35.7 Å². The summed E-state index contributed by atoms with van der Waals surface area (Å²) in [6, 6.07) is 12.5. The first-order chi connectivity index (χ1) is 18.5. The van der Waals surface area contributed by atoms with Gasteiger partial charge in [0, 0.05) is 24.2 Å². The molecule has 0 aromatic heterocycles. The topological polar surface area (TPSA) is 137 Å². The van der Waals surface area contributed by atoms with E-state index in [4.69, 9.17) is 14.2 Å². The molecule has 0 atom stereocenters. The van der Waals surface area contributed by atoms with Gasteiger partial charge in [0.25, 0.3) is 5.91 Å². The van der Waals surface area contributed by atoms with Crippen LogP contribution in [0.5, 0.6) is 0 Å². The van der Waals surface area contributed by atoms with E-state index in [9.17, 15) is 24.0 Å². The first-order valence-corrected chi connectivity index (χ1v) is 12.8. The second-order valence-electron chi connectivity index (χ2n) is 9.75. The minimum atomic E-state index is -0.606. The Balaban J connectivity index is 1.64. The van der Waals surface area contributed by atoms with E-state index in [-0.39, 0.29) is 37.0 Å². The van der Waals surface area contributed by atoms with Crippen molar-refractivity contribution in [2.24, 2.45) is 11.8 Å². The van der Waals surface area contributed by atoms with Crippen molar-refractivity contribution in [3.05, 3.63) is 59.7 Å². The monoisotopic (exact) mass is 540 g/mol. The zero-order chi connectivity index (χ0) is 28.8. The average molecular weight is 541 g/mol. The third-order valence-electron chi connectivity index (χ3n) is 5.05. The van der Waals surface area contributed by atoms with E-state index < -0.39 is 30.4 Å². The molecule has 0 saturated heterocycles. The second kappa shape index (κ2) is 15.9. The molecule has 2 aromatic rings. The summed E-state index contributed by atoms with van der Waals surface area (Å²) in [5.74, 6) is -1.85. The van der Waals surface area contributed by atoms with Gasteiger partial charge in [-0.15, -0.1) is 0 Å². The van der Waals surface area contributed by atoms with Crippen LogP contribution in [0.4, 0.5) is 11.4 Å². The summed E-state index contributed by atoms with van der Waals surface area (Å²) in [7, 11) is 0. The molecule has 0 fully saturated rings. The number of esters is 3. The molecule has 210 valence electrons. The molecule has 2 N–H and O–H groups in total. The summed E-state index contributed by atoms with van der Waals surface area (Å²) in [5, 5.41) is 5.27. The summed E-state index contributed by atoms with van der Waals surface area (Å²) < 4.78 is 15.3. The van der Waals surface area contributed by atoms with Crippen molar-refractivity contribution >= 4 is 41.1 Å². The highest BCUT2D eigenvalue weighted by atomic mass is 16.5. The maximum atomic E-state index is 12.1. The Labute approximate surface area is 228 Å². The van der Waals surface area contributed by atoms with Gasteiger partial charge in [-0.1, -0.05) is 27.7 Å². The van der Waals surface area contributed by atoms with Gasteiger partial charge in [0.15, 0.2) is 6.61 Å². The lowest BCUT2D eigenvalue weighted by atomic mass is 10.2. The SMILES string of the molecule is CC(C)COC(=O)c1ccc(NC(=O)CCCC(=O)OCC(=O)Nc2ccc(C(=O)OCC(C)C)cc2)cc1. The van der Waals surface area contributed by atoms with E-state index in [1.54, 1.807) is 36.4 Å². The zero-order valence-corrected chi connectivity index (χ0v) is 22.8. The highest BCUT2D eigenvalue weighted by molar-refractivity contribution is 5.95. The maximum absolute atomic E-state index is 12.1.